The summed E-state index contributed by atoms with van der Waals surface area (Å²) in [5, 5.41) is 11.1. The first-order valence-corrected chi connectivity index (χ1v) is 10.9. The number of carbonyl (C=O) groups excluding carboxylic acids is 1. The molecule has 2 heterocycles. The zero-order valence-electron chi connectivity index (χ0n) is 18.1. The summed E-state index contributed by atoms with van der Waals surface area (Å²) in [6.07, 6.45) is 0. The number of aliphatic hydroxyl groups is 1. The lowest BCUT2D eigenvalue weighted by atomic mass is 10.1. The van der Waals surface area contributed by atoms with E-state index in [-0.39, 0.29) is 12.5 Å². The predicted molar refractivity (Wildman–Crippen MR) is 126 cm³/mol. The molecule has 2 aromatic carbocycles. The van der Waals surface area contributed by atoms with E-state index in [0.717, 1.165) is 11.1 Å². The zero-order chi connectivity index (χ0) is 23.0. The van der Waals surface area contributed by atoms with Crippen molar-refractivity contribution in [2.45, 2.75) is 26.0 Å². The fourth-order valence-corrected chi connectivity index (χ4v) is 4.10. The van der Waals surface area contributed by atoms with Gasteiger partial charge in [0, 0.05) is 35.4 Å². The van der Waals surface area contributed by atoms with Crippen LogP contribution < -0.4 is 14.4 Å². The molecule has 0 unspecified atom stereocenters. The van der Waals surface area contributed by atoms with Crippen molar-refractivity contribution in [1.82, 2.24) is 4.57 Å². The molecule has 0 fully saturated rings. The molecule has 1 aliphatic rings. The van der Waals surface area contributed by atoms with Crippen LogP contribution in [-0.2, 0) is 6.54 Å². The maximum atomic E-state index is 13.3. The Hall–Kier alpha value is -2.67. The topological polar surface area (TPSA) is 63.9 Å². The van der Waals surface area contributed by atoms with E-state index in [1.54, 1.807) is 49.1 Å². The second kappa shape index (κ2) is 8.70. The van der Waals surface area contributed by atoms with Crippen LogP contribution in [0.4, 0.5) is 5.69 Å². The molecule has 1 aliphatic heterocycles. The molecular formula is C24H24Cl2N2O4. The Morgan fingerprint density at radius 2 is 1.75 bits per heavy atom. The van der Waals surface area contributed by atoms with Crippen molar-refractivity contribution < 1.29 is 19.4 Å². The Kier molecular flexibility index (Phi) is 6.12. The zero-order valence-corrected chi connectivity index (χ0v) is 19.6. The second-order valence-corrected chi connectivity index (χ2v) is 9.08. The summed E-state index contributed by atoms with van der Waals surface area (Å²) in [4.78, 5) is 15.0. The molecule has 0 spiro atoms. The third kappa shape index (κ3) is 4.44. The van der Waals surface area contributed by atoms with Gasteiger partial charge in [0.2, 0.25) is 0 Å². The molecule has 0 radical (unpaired) electrons. The van der Waals surface area contributed by atoms with Crippen LogP contribution in [0.15, 0.2) is 48.5 Å². The molecule has 1 N–H and O–H groups in total. The maximum absolute atomic E-state index is 13.3. The summed E-state index contributed by atoms with van der Waals surface area (Å²) in [5.74, 6) is 0.838. The van der Waals surface area contributed by atoms with Crippen molar-refractivity contribution in [3.05, 3.63) is 64.4 Å². The molecule has 8 heteroatoms. The number of rotatable bonds is 6. The lowest BCUT2D eigenvalue weighted by Crippen LogP contribution is -2.40. The van der Waals surface area contributed by atoms with Crippen molar-refractivity contribution in [3.8, 4) is 22.6 Å². The van der Waals surface area contributed by atoms with Gasteiger partial charge in [-0.25, -0.2) is 0 Å². The van der Waals surface area contributed by atoms with Crippen LogP contribution in [0.3, 0.4) is 0 Å². The van der Waals surface area contributed by atoms with E-state index >= 15 is 0 Å². The van der Waals surface area contributed by atoms with Crippen LogP contribution in [0.2, 0.25) is 10.2 Å². The Bertz CT molecular complexity index is 1150. The van der Waals surface area contributed by atoms with Gasteiger partial charge in [-0.15, -0.1) is 0 Å². The molecule has 32 heavy (non-hydrogen) atoms. The lowest BCUT2D eigenvalue weighted by molar-refractivity contribution is 0.0276. The number of ether oxygens (including phenoxy) is 2. The first-order chi connectivity index (χ1) is 15.2. The number of anilines is 1. The average molecular weight is 475 g/mol. The molecule has 1 aromatic heterocycles. The van der Waals surface area contributed by atoms with E-state index in [4.69, 9.17) is 32.7 Å². The summed E-state index contributed by atoms with van der Waals surface area (Å²) in [5.41, 5.74) is 1.93. The van der Waals surface area contributed by atoms with Crippen LogP contribution in [0.5, 0.6) is 11.5 Å². The normalized spacial score (nSPS) is 13.8. The van der Waals surface area contributed by atoms with Crippen LogP contribution in [0.1, 0.15) is 24.3 Å². The van der Waals surface area contributed by atoms with Crippen LogP contribution in [0.25, 0.3) is 11.1 Å². The number of hydrogen-bond acceptors (Lipinski definition) is 4. The molecule has 1 amide bonds. The van der Waals surface area contributed by atoms with Crippen LogP contribution in [0, 0.1) is 0 Å². The van der Waals surface area contributed by atoms with Crippen molar-refractivity contribution >= 4 is 34.8 Å². The molecule has 0 atom stereocenters. The summed E-state index contributed by atoms with van der Waals surface area (Å²) >= 11 is 12.6. The molecular weight excluding hydrogens is 451 g/mol. The van der Waals surface area contributed by atoms with E-state index in [1.807, 2.05) is 22.8 Å². The highest BCUT2D eigenvalue weighted by molar-refractivity contribution is 6.33. The number of carbonyl (C=O) groups is 1. The molecule has 0 aliphatic carbocycles. The molecule has 4 rings (SSSR count). The summed E-state index contributed by atoms with van der Waals surface area (Å²) in [6.45, 7) is 4.47. The molecule has 0 bridgehead atoms. The number of halogens is 2. The monoisotopic (exact) mass is 474 g/mol. The SMILES string of the molecule is COc1cc(N2CCn3c(cc(-c4ccc(Cl)cc4)c3Cl)C2=O)ccc1OCC(C)(C)O. The number of hydrogen-bond donors (Lipinski definition) is 1. The fraction of sp³-hybridized carbons (Fsp3) is 0.292. The molecule has 0 saturated heterocycles. The Balaban J connectivity index is 1.62. The van der Waals surface area contributed by atoms with Crippen LogP contribution in [-0.4, -0.2) is 41.4 Å². The molecule has 0 saturated carbocycles. The number of fused-ring (bicyclic) bond motifs is 1. The molecule has 3 aromatic rings. The smallest absolute Gasteiger partial charge is 0.275 e. The third-order valence-electron chi connectivity index (χ3n) is 5.24. The lowest BCUT2D eigenvalue weighted by Gasteiger charge is -2.29. The van der Waals surface area contributed by atoms with E-state index in [2.05, 4.69) is 0 Å². The summed E-state index contributed by atoms with van der Waals surface area (Å²) < 4.78 is 13.0. The number of aromatic nitrogens is 1. The fourth-order valence-electron chi connectivity index (χ4n) is 3.64. The average Bonchev–Trinajstić information content (AvgIpc) is 3.10. The standard InChI is InChI=1S/C24H24Cl2N2O4/c1-24(2,30)14-32-20-9-8-17(12-21(20)31-3)27-10-11-28-19(23(27)29)13-18(22(28)26)15-4-6-16(25)7-5-15/h4-9,12-13,30H,10-11,14H2,1-3H3. The van der Waals surface area contributed by atoms with Gasteiger partial charge in [-0.3, -0.25) is 4.79 Å². The van der Waals surface area contributed by atoms with Gasteiger partial charge in [-0.1, -0.05) is 35.3 Å². The van der Waals surface area contributed by atoms with Gasteiger partial charge >= 0.3 is 0 Å². The van der Waals surface area contributed by atoms with Crippen LogP contribution >= 0.6 is 23.2 Å². The molecule has 168 valence electrons. The quantitative estimate of drug-likeness (QED) is 0.527. The van der Waals surface area contributed by atoms with E-state index in [1.165, 1.54) is 7.11 Å². The van der Waals surface area contributed by atoms with Gasteiger partial charge in [0.15, 0.2) is 11.5 Å². The predicted octanol–water partition coefficient (Wildman–Crippen LogP) is 5.28. The van der Waals surface area contributed by atoms with Crippen molar-refractivity contribution in [2.75, 3.05) is 25.2 Å². The second-order valence-electron chi connectivity index (χ2n) is 8.29. The summed E-state index contributed by atoms with van der Waals surface area (Å²) in [6, 6.07) is 14.5. The third-order valence-corrected chi connectivity index (χ3v) is 5.90. The Morgan fingerprint density at radius 1 is 1.03 bits per heavy atom. The van der Waals surface area contributed by atoms with Crippen molar-refractivity contribution in [1.29, 1.82) is 0 Å². The number of methoxy groups -OCH3 is 1. The van der Waals surface area contributed by atoms with Gasteiger partial charge in [0.05, 0.1) is 12.7 Å². The van der Waals surface area contributed by atoms with Gasteiger partial charge in [0.1, 0.15) is 17.5 Å². The number of benzene rings is 2. The minimum Gasteiger partial charge on any atom is -0.493 e. The highest BCUT2D eigenvalue weighted by Crippen LogP contribution is 2.37. The van der Waals surface area contributed by atoms with Crippen molar-refractivity contribution in [2.24, 2.45) is 0 Å². The van der Waals surface area contributed by atoms with E-state index in [9.17, 15) is 9.90 Å². The first kappa shape index (κ1) is 22.5. The van der Waals surface area contributed by atoms with Gasteiger partial charge in [-0.05, 0) is 49.7 Å². The van der Waals surface area contributed by atoms with E-state index in [0.29, 0.717) is 46.1 Å². The maximum Gasteiger partial charge on any atom is 0.275 e. The van der Waals surface area contributed by atoms with Gasteiger partial charge in [0.25, 0.3) is 5.91 Å². The Labute approximate surface area is 196 Å². The highest BCUT2D eigenvalue weighted by Gasteiger charge is 2.30. The van der Waals surface area contributed by atoms with Gasteiger partial charge in [-0.2, -0.15) is 0 Å². The highest BCUT2D eigenvalue weighted by atomic mass is 35.5. The largest absolute Gasteiger partial charge is 0.493 e. The minimum absolute atomic E-state index is 0.116. The number of amides is 1. The van der Waals surface area contributed by atoms with Crippen molar-refractivity contribution in [3.63, 3.8) is 0 Å². The van der Waals surface area contributed by atoms with Gasteiger partial charge < -0.3 is 24.0 Å². The minimum atomic E-state index is -0.973. The summed E-state index contributed by atoms with van der Waals surface area (Å²) in [7, 11) is 1.54. The first-order valence-electron chi connectivity index (χ1n) is 10.2. The Morgan fingerprint density at radius 3 is 2.41 bits per heavy atom. The number of nitrogens with zero attached hydrogens (tertiary/aromatic N) is 2. The van der Waals surface area contributed by atoms with E-state index < -0.39 is 5.60 Å². The molecule has 6 nitrogen and oxygen atoms in total.